The van der Waals surface area contributed by atoms with Gasteiger partial charge in [-0.15, -0.1) is 0 Å². The molecule has 0 amide bonds. The zero-order chi connectivity index (χ0) is 23.5. The van der Waals surface area contributed by atoms with E-state index >= 15 is 0 Å². The zero-order valence-corrected chi connectivity index (χ0v) is 19.1. The molecular formula is C25H29N3O5. The molecule has 1 aliphatic rings. The van der Waals surface area contributed by atoms with Gasteiger partial charge in [-0.1, -0.05) is 12.1 Å². The molecule has 3 aromatic rings. The number of carbonyl (C=O) groups is 1. The highest BCUT2D eigenvalue weighted by atomic mass is 16.5. The summed E-state index contributed by atoms with van der Waals surface area (Å²) in [4.78, 5) is 26.4. The van der Waals surface area contributed by atoms with Crippen LogP contribution in [0.5, 0.6) is 5.75 Å². The molecule has 0 saturated carbocycles. The standard InChI is InChI=1S/C25H29N3O5/c1-15-22(32-20-9-11-28(3)12-10-20)8-7-18-14-21(24(30)33-23(15)18)27-25(31)26-19-6-4-5-17(13-19)16(2)29/h4-8,13-14,20,25-27,31H,9-12H2,1-3H3. The van der Waals surface area contributed by atoms with Gasteiger partial charge in [-0.25, -0.2) is 4.79 Å². The Bertz CT molecular complexity index is 1210. The highest BCUT2D eigenvalue weighted by Crippen LogP contribution is 2.30. The molecule has 0 bridgehead atoms. The van der Waals surface area contributed by atoms with Gasteiger partial charge in [0.1, 0.15) is 23.1 Å². The van der Waals surface area contributed by atoms with Gasteiger partial charge in [-0.2, -0.15) is 0 Å². The van der Waals surface area contributed by atoms with Gasteiger partial charge in [0.2, 0.25) is 6.35 Å². The number of carbonyl (C=O) groups excluding carboxylic acids is 1. The molecule has 2 heterocycles. The number of Topliss-reactive ketones (excluding diaryl/α,β-unsaturated/α-hetero) is 1. The van der Waals surface area contributed by atoms with Crippen LogP contribution in [0.2, 0.25) is 0 Å². The van der Waals surface area contributed by atoms with Crippen LogP contribution in [0.4, 0.5) is 11.4 Å². The molecule has 1 atom stereocenters. The fourth-order valence-electron chi connectivity index (χ4n) is 3.99. The van der Waals surface area contributed by atoms with Crippen LogP contribution in [-0.4, -0.2) is 48.4 Å². The minimum atomic E-state index is -1.26. The van der Waals surface area contributed by atoms with Crippen molar-refractivity contribution in [2.75, 3.05) is 30.8 Å². The molecule has 1 aliphatic heterocycles. The van der Waals surface area contributed by atoms with Crippen LogP contribution in [-0.2, 0) is 0 Å². The van der Waals surface area contributed by atoms with E-state index in [1.54, 1.807) is 30.3 Å². The maximum Gasteiger partial charge on any atom is 0.359 e. The van der Waals surface area contributed by atoms with E-state index in [1.807, 2.05) is 19.1 Å². The number of fused-ring (bicyclic) bond motifs is 1. The molecule has 8 nitrogen and oxygen atoms in total. The number of hydrogen-bond donors (Lipinski definition) is 3. The van der Waals surface area contributed by atoms with Crippen LogP contribution < -0.4 is 21.0 Å². The van der Waals surface area contributed by atoms with Crippen LogP contribution >= 0.6 is 0 Å². The van der Waals surface area contributed by atoms with Gasteiger partial charge in [-0.3, -0.25) is 4.79 Å². The van der Waals surface area contributed by atoms with E-state index < -0.39 is 12.0 Å². The molecule has 0 spiro atoms. The van der Waals surface area contributed by atoms with E-state index in [9.17, 15) is 14.7 Å². The van der Waals surface area contributed by atoms with Crippen molar-refractivity contribution in [2.45, 2.75) is 39.1 Å². The summed E-state index contributed by atoms with van der Waals surface area (Å²) >= 11 is 0. The molecule has 1 aromatic heterocycles. The van der Waals surface area contributed by atoms with Crippen LogP contribution in [0.15, 0.2) is 51.7 Å². The molecule has 1 saturated heterocycles. The fourth-order valence-corrected chi connectivity index (χ4v) is 3.99. The topological polar surface area (TPSA) is 104 Å². The number of ether oxygens (including phenoxy) is 1. The van der Waals surface area contributed by atoms with Gasteiger partial charge in [-0.05, 0) is 64.1 Å². The quantitative estimate of drug-likeness (QED) is 0.285. The van der Waals surface area contributed by atoms with Crippen molar-refractivity contribution >= 4 is 28.1 Å². The lowest BCUT2D eigenvalue weighted by Gasteiger charge is -2.29. The SMILES string of the molecule is CC(=O)c1cccc(NC(O)Nc2cc3ccc(OC4CCN(C)CC4)c(C)c3oc2=O)c1. The number of aryl methyl sites for hydroxylation is 1. The number of nitrogens with one attached hydrogen (secondary N) is 2. The second-order valence-corrected chi connectivity index (χ2v) is 8.50. The molecule has 8 heteroatoms. The van der Waals surface area contributed by atoms with E-state index in [2.05, 4.69) is 22.6 Å². The summed E-state index contributed by atoms with van der Waals surface area (Å²) in [7, 11) is 2.10. The fraction of sp³-hybridized carbons (Fsp3) is 0.360. The lowest BCUT2D eigenvalue weighted by atomic mass is 10.1. The lowest BCUT2D eigenvalue weighted by molar-refractivity contribution is 0.101. The van der Waals surface area contributed by atoms with Crippen LogP contribution in [0.1, 0.15) is 35.7 Å². The zero-order valence-electron chi connectivity index (χ0n) is 19.1. The van der Waals surface area contributed by atoms with Gasteiger partial charge < -0.3 is 29.8 Å². The molecule has 174 valence electrons. The maximum absolute atomic E-state index is 12.6. The number of aliphatic hydroxyl groups is 1. The van der Waals surface area contributed by atoms with Crippen molar-refractivity contribution < 1.29 is 19.1 Å². The molecular weight excluding hydrogens is 422 g/mol. The second-order valence-electron chi connectivity index (χ2n) is 8.50. The Labute approximate surface area is 192 Å². The Kier molecular flexibility index (Phi) is 6.67. The second kappa shape index (κ2) is 9.64. The number of anilines is 2. The largest absolute Gasteiger partial charge is 0.490 e. The van der Waals surface area contributed by atoms with E-state index in [0.29, 0.717) is 22.6 Å². The minimum absolute atomic E-state index is 0.0779. The highest BCUT2D eigenvalue weighted by Gasteiger charge is 2.20. The van der Waals surface area contributed by atoms with E-state index in [4.69, 9.17) is 9.15 Å². The van der Waals surface area contributed by atoms with Gasteiger partial charge in [0, 0.05) is 35.3 Å². The first-order valence-corrected chi connectivity index (χ1v) is 11.0. The van der Waals surface area contributed by atoms with Crippen molar-refractivity contribution in [3.05, 3.63) is 64.0 Å². The lowest BCUT2D eigenvalue weighted by Crippen LogP contribution is -2.35. The number of aliphatic hydroxyl groups excluding tert-OH is 1. The van der Waals surface area contributed by atoms with Crippen molar-refractivity contribution in [1.82, 2.24) is 4.90 Å². The summed E-state index contributed by atoms with van der Waals surface area (Å²) in [6.07, 6.45) is 0.801. The third-order valence-electron chi connectivity index (χ3n) is 5.93. The summed E-state index contributed by atoms with van der Waals surface area (Å²) in [6.45, 7) is 5.34. The monoisotopic (exact) mass is 451 g/mol. The Morgan fingerprint density at radius 2 is 1.94 bits per heavy atom. The van der Waals surface area contributed by atoms with Crippen LogP contribution in [0, 0.1) is 6.92 Å². The van der Waals surface area contributed by atoms with Crippen molar-refractivity contribution in [1.29, 1.82) is 0 Å². The minimum Gasteiger partial charge on any atom is -0.490 e. The molecule has 1 unspecified atom stereocenters. The third kappa shape index (κ3) is 5.35. The Hall–Kier alpha value is -3.36. The number of piperidine rings is 1. The molecule has 0 radical (unpaired) electrons. The third-order valence-corrected chi connectivity index (χ3v) is 5.93. The van der Waals surface area contributed by atoms with Crippen molar-refractivity contribution in [3.8, 4) is 5.75 Å². The average Bonchev–Trinajstić information content (AvgIpc) is 2.78. The predicted octanol–water partition coefficient (Wildman–Crippen LogP) is 3.58. The Morgan fingerprint density at radius 1 is 1.18 bits per heavy atom. The molecule has 1 fully saturated rings. The number of hydrogen-bond acceptors (Lipinski definition) is 8. The van der Waals surface area contributed by atoms with E-state index in [0.717, 1.165) is 36.9 Å². The molecule has 4 rings (SSSR count). The first-order chi connectivity index (χ1) is 15.8. The molecule has 3 N–H and O–H groups in total. The van der Waals surface area contributed by atoms with Crippen LogP contribution in [0.25, 0.3) is 11.0 Å². The summed E-state index contributed by atoms with van der Waals surface area (Å²) < 4.78 is 11.8. The van der Waals surface area contributed by atoms with Gasteiger partial charge in [0.25, 0.3) is 0 Å². The predicted molar refractivity (Wildman–Crippen MR) is 128 cm³/mol. The first-order valence-electron chi connectivity index (χ1n) is 11.0. The molecule has 33 heavy (non-hydrogen) atoms. The molecule has 0 aliphatic carbocycles. The van der Waals surface area contributed by atoms with Crippen molar-refractivity contribution in [2.24, 2.45) is 0 Å². The number of ketones is 1. The summed E-state index contributed by atoms with van der Waals surface area (Å²) in [5.74, 6) is 0.638. The van der Waals surface area contributed by atoms with Gasteiger partial charge >= 0.3 is 5.63 Å². The Balaban J connectivity index is 1.50. The first kappa shape index (κ1) is 22.8. The number of benzene rings is 2. The Morgan fingerprint density at radius 3 is 2.67 bits per heavy atom. The van der Waals surface area contributed by atoms with Gasteiger partial charge in [0.15, 0.2) is 5.78 Å². The maximum atomic E-state index is 12.6. The van der Waals surface area contributed by atoms with E-state index in [1.165, 1.54) is 6.92 Å². The van der Waals surface area contributed by atoms with E-state index in [-0.39, 0.29) is 17.6 Å². The number of nitrogens with zero attached hydrogens (tertiary/aromatic N) is 1. The number of rotatable bonds is 7. The smallest absolute Gasteiger partial charge is 0.359 e. The number of likely N-dealkylation sites (tertiary alicyclic amines) is 1. The summed E-state index contributed by atoms with van der Waals surface area (Å²) in [6, 6.07) is 12.1. The average molecular weight is 452 g/mol. The molecule has 2 aromatic carbocycles. The van der Waals surface area contributed by atoms with Crippen molar-refractivity contribution in [3.63, 3.8) is 0 Å². The van der Waals surface area contributed by atoms with Gasteiger partial charge in [0.05, 0.1) is 0 Å². The highest BCUT2D eigenvalue weighted by molar-refractivity contribution is 5.95. The van der Waals surface area contributed by atoms with Crippen LogP contribution in [0.3, 0.4) is 0 Å². The summed E-state index contributed by atoms with van der Waals surface area (Å²) in [5.41, 5.74) is 1.82. The summed E-state index contributed by atoms with van der Waals surface area (Å²) in [5, 5.41) is 16.6. The normalized spacial score (nSPS) is 15.9.